The minimum atomic E-state index is -4.35. The van der Waals surface area contributed by atoms with Crippen LogP contribution in [0.25, 0.3) is 0 Å². The number of hydrogen-bond donors (Lipinski definition) is 0. The van der Waals surface area contributed by atoms with Crippen LogP contribution in [0.1, 0.15) is 23.1 Å². The van der Waals surface area contributed by atoms with E-state index < -0.39 is 11.7 Å². The monoisotopic (exact) mass is 351 g/mol. The number of alkyl halides is 3. The van der Waals surface area contributed by atoms with Crippen molar-refractivity contribution in [3.63, 3.8) is 0 Å². The van der Waals surface area contributed by atoms with Gasteiger partial charge in [0.25, 0.3) is 0 Å². The zero-order valence-electron chi connectivity index (χ0n) is 14.1. The fraction of sp³-hybridized carbons (Fsp3) is 0.316. The molecule has 25 heavy (non-hydrogen) atoms. The lowest BCUT2D eigenvalue weighted by Gasteiger charge is -2.18. The highest BCUT2D eigenvalue weighted by molar-refractivity contribution is 5.76. The summed E-state index contributed by atoms with van der Waals surface area (Å²) in [6, 6.07) is 12.4. The first-order chi connectivity index (χ1) is 11.8. The maximum absolute atomic E-state index is 12.5. The lowest BCUT2D eigenvalue weighted by molar-refractivity contribution is -0.137. The summed E-state index contributed by atoms with van der Waals surface area (Å²) in [7, 11) is 1.62. The third-order valence-corrected chi connectivity index (χ3v) is 3.70. The molecule has 0 aromatic heterocycles. The van der Waals surface area contributed by atoms with Crippen LogP contribution in [0.5, 0.6) is 5.75 Å². The molecule has 0 aliphatic carbocycles. The van der Waals surface area contributed by atoms with Gasteiger partial charge in [-0.25, -0.2) is 0 Å². The van der Waals surface area contributed by atoms with Gasteiger partial charge in [0, 0.05) is 13.6 Å². The summed E-state index contributed by atoms with van der Waals surface area (Å²) in [5.74, 6) is 0.575. The van der Waals surface area contributed by atoms with E-state index >= 15 is 0 Å². The second kappa shape index (κ2) is 8.05. The van der Waals surface area contributed by atoms with Crippen LogP contribution in [-0.4, -0.2) is 24.5 Å². The molecular formula is C19H20F3NO2. The second-order valence-electron chi connectivity index (χ2n) is 5.86. The molecule has 0 spiro atoms. The van der Waals surface area contributed by atoms with Gasteiger partial charge in [-0.05, 0) is 42.3 Å². The third kappa shape index (κ3) is 5.81. The fourth-order valence-corrected chi connectivity index (χ4v) is 2.31. The van der Waals surface area contributed by atoms with Gasteiger partial charge in [-0.2, -0.15) is 13.2 Å². The summed E-state index contributed by atoms with van der Waals surface area (Å²) in [6.45, 7) is 2.46. The summed E-state index contributed by atoms with van der Waals surface area (Å²) in [6.07, 6.45) is -4.15. The first kappa shape index (κ1) is 18.8. The first-order valence-electron chi connectivity index (χ1n) is 7.85. The molecule has 1 amide bonds. The molecule has 134 valence electrons. The molecule has 0 N–H and O–H groups in total. The number of nitrogens with zero attached hydrogens (tertiary/aromatic N) is 1. The Morgan fingerprint density at radius 3 is 2.40 bits per heavy atom. The Morgan fingerprint density at radius 2 is 1.80 bits per heavy atom. The van der Waals surface area contributed by atoms with E-state index in [1.54, 1.807) is 7.05 Å². The number of rotatable bonds is 6. The maximum atomic E-state index is 12.5. The smallest absolute Gasteiger partial charge is 0.416 e. The molecule has 0 heterocycles. The third-order valence-electron chi connectivity index (χ3n) is 3.70. The number of halogens is 3. The second-order valence-corrected chi connectivity index (χ2v) is 5.86. The normalized spacial score (nSPS) is 11.2. The van der Waals surface area contributed by atoms with Gasteiger partial charge in [0.2, 0.25) is 5.91 Å². The molecule has 0 atom stereocenters. The Kier molecular flexibility index (Phi) is 6.07. The Morgan fingerprint density at radius 1 is 1.12 bits per heavy atom. The van der Waals surface area contributed by atoms with Crippen molar-refractivity contribution >= 4 is 5.91 Å². The highest BCUT2D eigenvalue weighted by atomic mass is 19.4. The van der Waals surface area contributed by atoms with Crippen LogP contribution >= 0.6 is 0 Å². The van der Waals surface area contributed by atoms with Gasteiger partial charge in [-0.3, -0.25) is 4.79 Å². The van der Waals surface area contributed by atoms with Crippen LogP contribution in [0.3, 0.4) is 0 Å². The molecule has 0 saturated heterocycles. The van der Waals surface area contributed by atoms with Crippen LogP contribution in [-0.2, 0) is 17.5 Å². The number of hydrogen-bond acceptors (Lipinski definition) is 2. The van der Waals surface area contributed by atoms with Gasteiger partial charge in [0.15, 0.2) is 0 Å². The molecule has 2 aromatic carbocycles. The molecule has 0 aliphatic heterocycles. The van der Waals surface area contributed by atoms with Crippen molar-refractivity contribution in [2.24, 2.45) is 0 Å². The molecule has 0 radical (unpaired) electrons. The quantitative estimate of drug-likeness (QED) is 0.770. The summed E-state index contributed by atoms with van der Waals surface area (Å²) in [5, 5.41) is 0. The van der Waals surface area contributed by atoms with E-state index in [9.17, 15) is 18.0 Å². The molecule has 0 fully saturated rings. The molecule has 0 aliphatic rings. The van der Waals surface area contributed by atoms with Crippen molar-refractivity contribution < 1.29 is 22.7 Å². The van der Waals surface area contributed by atoms with E-state index in [4.69, 9.17) is 4.74 Å². The standard InChI is InChI=1S/C19H20F3NO2/c1-14-4-3-5-17(12-14)25-11-10-18(24)23(2)13-15-6-8-16(9-7-15)19(20,21)22/h3-9,12H,10-11,13H2,1-2H3. The largest absolute Gasteiger partial charge is 0.493 e. The average Bonchev–Trinajstić information content (AvgIpc) is 2.54. The Bertz CT molecular complexity index is 711. The number of benzene rings is 2. The molecule has 6 heteroatoms. The van der Waals surface area contributed by atoms with Gasteiger partial charge in [0.1, 0.15) is 5.75 Å². The number of carbonyl (C=O) groups is 1. The van der Waals surface area contributed by atoms with Crippen molar-refractivity contribution in [1.29, 1.82) is 0 Å². The van der Waals surface area contributed by atoms with E-state index in [0.717, 1.165) is 17.7 Å². The lowest BCUT2D eigenvalue weighted by Crippen LogP contribution is -2.27. The van der Waals surface area contributed by atoms with E-state index in [-0.39, 0.29) is 25.5 Å². The first-order valence-corrected chi connectivity index (χ1v) is 7.85. The van der Waals surface area contributed by atoms with E-state index in [0.29, 0.717) is 11.3 Å². The number of carbonyl (C=O) groups excluding carboxylic acids is 1. The molecule has 0 bridgehead atoms. The van der Waals surface area contributed by atoms with Gasteiger partial charge in [-0.15, -0.1) is 0 Å². The topological polar surface area (TPSA) is 29.5 Å². The highest BCUT2D eigenvalue weighted by Gasteiger charge is 2.29. The molecule has 2 rings (SSSR count). The molecule has 3 nitrogen and oxygen atoms in total. The number of ether oxygens (including phenoxy) is 1. The molecule has 0 unspecified atom stereocenters. The maximum Gasteiger partial charge on any atom is 0.416 e. The van der Waals surface area contributed by atoms with Gasteiger partial charge in [0.05, 0.1) is 18.6 Å². The minimum absolute atomic E-state index is 0.132. The zero-order valence-corrected chi connectivity index (χ0v) is 14.1. The van der Waals surface area contributed by atoms with E-state index in [1.807, 2.05) is 31.2 Å². The molecule has 2 aromatic rings. The summed E-state index contributed by atoms with van der Waals surface area (Å²) in [5.41, 5.74) is 1.02. The average molecular weight is 351 g/mol. The predicted octanol–water partition coefficient (Wildman–Crippen LogP) is 4.44. The van der Waals surface area contributed by atoms with E-state index in [1.165, 1.54) is 17.0 Å². The van der Waals surface area contributed by atoms with Crippen LogP contribution in [0.4, 0.5) is 13.2 Å². The van der Waals surface area contributed by atoms with Gasteiger partial charge < -0.3 is 9.64 Å². The Labute approximate surface area is 145 Å². The number of aryl methyl sites for hydroxylation is 1. The van der Waals surface area contributed by atoms with Crippen LogP contribution in [0, 0.1) is 6.92 Å². The fourth-order valence-electron chi connectivity index (χ4n) is 2.31. The predicted molar refractivity (Wildman–Crippen MR) is 89.2 cm³/mol. The van der Waals surface area contributed by atoms with Gasteiger partial charge >= 0.3 is 6.18 Å². The Balaban J connectivity index is 1.81. The SMILES string of the molecule is Cc1cccc(OCCC(=O)N(C)Cc2ccc(C(F)(F)F)cc2)c1. The van der Waals surface area contributed by atoms with Crippen molar-refractivity contribution in [3.05, 3.63) is 65.2 Å². The molecular weight excluding hydrogens is 331 g/mol. The van der Waals surface area contributed by atoms with Crippen molar-refractivity contribution in [2.75, 3.05) is 13.7 Å². The van der Waals surface area contributed by atoms with Crippen LogP contribution in [0.2, 0.25) is 0 Å². The lowest BCUT2D eigenvalue weighted by atomic mass is 10.1. The Hall–Kier alpha value is -2.50. The number of amides is 1. The van der Waals surface area contributed by atoms with Crippen LogP contribution < -0.4 is 4.74 Å². The van der Waals surface area contributed by atoms with Crippen molar-refractivity contribution in [2.45, 2.75) is 26.1 Å². The summed E-state index contributed by atoms with van der Waals surface area (Å²) < 4.78 is 43.1. The highest BCUT2D eigenvalue weighted by Crippen LogP contribution is 2.29. The van der Waals surface area contributed by atoms with Gasteiger partial charge in [-0.1, -0.05) is 24.3 Å². The van der Waals surface area contributed by atoms with Crippen molar-refractivity contribution in [1.82, 2.24) is 4.90 Å². The van der Waals surface area contributed by atoms with E-state index in [2.05, 4.69) is 0 Å². The summed E-state index contributed by atoms with van der Waals surface area (Å²) in [4.78, 5) is 13.6. The van der Waals surface area contributed by atoms with Crippen molar-refractivity contribution in [3.8, 4) is 5.75 Å². The minimum Gasteiger partial charge on any atom is -0.493 e. The molecule has 0 saturated carbocycles. The van der Waals surface area contributed by atoms with Crippen LogP contribution in [0.15, 0.2) is 48.5 Å². The summed E-state index contributed by atoms with van der Waals surface area (Å²) >= 11 is 0. The zero-order chi connectivity index (χ0) is 18.4.